The molecule has 6 heteroatoms. The number of hydrogen-bond acceptors (Lipinski definition) is 4. The number of nitrogens with two attached hydrogens (primary N) is 1. The number of anilines is 3. The van der Waals surface area contributed by atoms with Crippen molar-refractivity contribution in [3.63, 3.8) is 0 Å². The van der Waals surface area contributed by atoms with Crippen LogP contribution < -0.4 is 16.6 Å². The van der Waals surface area contributed by atoms with E-state index < -0.39 is 0 Å². The highest BCUT2D eigenvalue weighted by atomic mass is 35.5. The molecule has 0 unspecified atom stereocenters. The van der Waals surface area contributed by atoms with Gasteiger partial charge in [0.15, 0.2) is 0 Å². The van der Waals surface area contributed by atoms with Gasteiger partial charge in [0.05, 0.1) is 10.0 Å². The molecule has 1 aromatic heterocycles. The minimum Gasteiger partial charge on any atom is -0.355 e. The Balaban J connectivity index is 2.22. The molecular weight excluding hydrogens is 259 g/mol. The fraction of sp³-hybridized carbons (Fsp3) is 0. The normalized spacial score (nSPS) is 10.1. The lowest BCUT2D eigenvalue weighted by Crippen LogP contribution is -2.08. The third kappa shape index (κ3) is 3.00. The monoisotopic (exact) mass is 268 g/mol. The van der Waals surface area contributed by atoms with Crippen LogP contribution in [-0.4, -0.2) is 4.98 Å². The maximum atomic E-state index is 5.92. The Kier molecular flexibility index (Phi) is 3.68. The van der Waals surface area contributed by atoms with Crippen molar-refractivity contribution in [1.82, 2.24) is 4.98 Å². The summed E-state index contributed by atoms with van der Waals surface area (Å²) < 4.78 is 0. The van der Waals surface area contributed by atoms with Crippen molar-refractivity contribution < 1.29 is 0 Å². The fourth-order valence-electron chi connectivity index (χ4n) is 1.33. The first-order chi connectivity index (χ1) is 8.19. The molecule has 0 aliphatic heterocycles. The Morgan fingerprint density at radius 2 is 1.76 bits per heavy atom. The van der Waals surface area contributed by atoms with Gasteiger partial charge in [-0.15, -0.1) is 0 Å². The van der Waals surface area contributed by atoms with Crippen LogP contribution in [-0.2, 0) is 0 Å². The zero-order chi connectivity index (χ0) is 12.3. The van der Waals surface area contributed by atoms with Crippen molar-refractivity contribution in [2.24, 2.45) is 5.84 Å². The molecule has 0 saturated carbocycles. The van der Waals surface area contributed by atoms with Gasteiger partial charge in [-0.05, 0) is 24.3 Å². The van der Waals surface area contributed by atoms with Crippen LogP contribution in [0.1, 0.15) is 0 Å². The highest BCUT2D eigenvalue weighted by molar-refractivity contribution is 6.42. The predicted molar refractivity (Wildman–Crippen MR) is 71.8 cm³/mol. The Morgan fingerprint density at radius 1 is 1.00 bits per heavy atom. The summed E-state index contributed by atoms with van der Waals surface area (Å²) in [5.41, 5.74) is 4.17. The molecule has 1 aromatic carbocycles. The smallest absolute Gasteiger partial charge is 0.141 e. The number of hydrazine groups is 1. The van der Waals surface area contributed by atoms with Crippen LogP contribution in [0, 0.1) is 0 Å². The molecule has 4 N–H and O–H groups in total. The number of rotatable bonds is 3. The summed E-state index contributed by atoms with van der Waals surface area (Å²) in [5, 5.41) is 4.20. The van der Waals surface area contributed by atoms with E-state index in [2.05, 4.69) is 15.7 Å². The Morgan fingerprint density at radius 3 is 2.47 bits per heavy atom. The maximum Gasteiger partial charge on any atom is 0.141 e. The van der Waals surface area contributed by atoms with Crippen LogP contribution in [0.4, 0.5) is 17.2 Å². The van der Waals surface area contributed by atoms with Gasteiger partial charge in [0.1, 0.15) is 5.82 Å². The van der Waals surface area contributed by atoms with E-state index in [0.29, 0.717) is 15.9 Å². The second-order valence-corrected chi connectivity index (χ2v) is 4.14. The minimum atomic E-state index is 0.503. The van der Waals surface area contributed by atoms with Crippen molar-refractivity contribution in [1.29, 1.82) is 0 Å². The van der Waals surface area contributed by atoms with E-state index in [0.717, 1.165) is 11.4 Å². The fourth-order valence-corrected chi connectivity index (χ4v) is 1.63. The summed E-state index contributed by atoms with van der Waals surface area (Å²) in [5.74, 6) is 5.86. The summed E-state index contributed by atoms with van der Waals surface area (Å²) >= 11 is 11.8. The zero-order valence-corrected chi connectivity index (χ0v) is 10.3. The van der Waals surface area contributed by atoms with E-state index in [-0.39, 0.29) is 0 Å². The lowest BCUT2D eigenvalue weighted by Gasteiger charge is -2.08. The number of nitrogens with zero attached hydrogens (tertiary/aromatic N) is 1. The van der Waals surface area contributed by atoms with E-state index in [1.807, 2.05) is 12.1 Å². The Labute approximate surface area is 109 Å². The van der Waals surface area contributed by atoms with Gasteiger partial charge in [-0.25, -0.2) is 10.8 Å². The molecule has 0 bridgehead atoms. The molecule has 1 heterocycles. The number of halogens is 2. The third-order valence-corrected chi connectivity index (χ3v) is 2.86. The summed E-state index contributed by atoms with van der Waals surface area (Å²) in [6.07, 6.45) is 1.65. The second-order valence-electron chi connectivity index (χ2n) is 3.33. The van der Waals surface area contributed by atoms with E-state index in [1.165, 1.54) is 0 Å². The van der Waals surface area contributed by atoms with Gasteiger partial charge >= 0.3 is 0 Å². The molecule has 4 nitrogen and oxygen atoms in total. The number of nitrogen functional groups attached to an aromatic ring is 1. The van der Waals surface area contributed by atoms with Crippen LogP contribution >= 0.6 is 23.2 Å². The summed E-state index contributed by atoms with van der Waals surface area (Å²) in [6.45, 7) is 0. The van der Waals surface area contributed by atoms with E-state index >= 15 is 0 Å². The summed E-state index contributed by atoms with van der Waals surface area (Å²) in [6, 6.07) is 8.92. The first-order valence-electron chi connectivity index (χ1n) is 4.84. The SMILES string of the molecule is NNc1cc(Nc2ccc(Cl)c(Cl)c2)ccn1. The number of nitrogens with one attached hydrogen (secondary N) is 2. The zero-order valence-electron chi connectivity index (χ0n) is 8.74. The molecule has 0 amide bonds. The first kappa shape index (κ1) is 12.0. The van der Waals surface area contributed by atoms with Gasteiger partial charge in [-0.2, -0.15) is 0 Å². The second kappa shape index (κ2) is 5.23. The third-order valence-electron chi connectivity index (χ3n) is 2.12. The molecule has 0 fully saturated rings. The molecule has 17 heavy (non-hydrogen) atoms. The standard InChI is InChI=1S/C11H10Cl2N4/c12-9-2-1-7(5-10(9)13)16-8-3-4-15-11(6-8)17-14/h1-6H,14H2,(H2,15,16,17). The van der Waals surface area contributed by atoms with Crippen molar-refractivity contribution in [2.45, 2.75) is 0 Å². The minimum absolute atomic E-state index is 0.503. The maximum absolute atomic E-state index is 5.92. The molecule has 2 aromatic rings. The Hall–Kier alpha value is -1.49. The van der Waals surface area contributed by atoms with Crippen molar-refractivity contribution in [3.8, 4) is 0 Å². The molecule has 0 aliphatic rings. The number of benzene rings is 1. The van der Waals surface area contributed by atoms with Gasteiger partial charge < -0.3 is 10.7 Å². The lowest BCUT2D eigenvalue weighted by atomic mass is 10.3. The van der Waals surface area contributed by atoms with Crippen LogP contribution in [0.15, 0.2) is 36.5 Å². The average molecular weight is 269 g/mol. The van der Waals surface area contributed by atoms with E-state index in [4.69, 9.17) is 29.0 Å². The molecule has 88 valence electrons. The van der Waals surface area contributed by atoms with Crippen molar-refractivity contribution in [3.05, 3.63) is 46.6 Å². The van der Waals surface area contributed by atoms with Gasteiger partial charge in [-0.1, -0.05) is 23.2 Å². The highest BCUT2D eigenvalue weighted by Crippen LogP contribution is 2.27. The number of pyridine rings is 1. The quantitative estimate of drug-likeness (QED) is 0.590. The number of aromatic nitrogens is 1. The van der Waals surface area contributed by atoms with Gasteiger partial charge in [-0.3, -0.25) is 0 Å². The highest BCUT2D eigenvalue weighted by Gasteiger charge is 2.00. The predicted octanol–water partition coefficient (Wildman–Crippen LogP) is 3.42. The van der Waals surface area contributed by atoms with Crippen LogP contribution in [0.5, 0.6) is 0 Å². The molecular formula is C11H10Cl2N4. The average Bonchev–Trinajstić information content (AvgIpc) is 2.34. The summed E-state index contributed by atoms with van der Waals surface area (Å²) in [4.78, 5) is 4.01. The van der Waals surface area contributed by atoms with Crippen LogP contribution in [0.3, 0.4) is 0 Å². The Bertz CT molecular complexity index is 531. The van der Waals surface area contributed by atoms with Gasteiger partial charge in [0.25, 0.3) is 0 Å². The topological polar surface area (TPSA) is 63.0 Å². The van der Waals surface area contributed by atoms with Crippen LogP contribution in [0.2, 0.25) is 10.0 Å². The summed E-state index contributed by atoms with van der Waals surface area (Å²) in [7, 11) is 0. The largest absolute Gasteiger partial charge is 0.355 e. The van der Waals surface area contributed by atoms with E-state index in [1.54, 1.807) is 24.4 Å². The molecule has 0 atom stereocenters. The molecule has 0 radical (unpaired) electrons. The van der Waals surface area contributed by atoms with Gasteiger partial charge in [0, 0.05) is 23.6 Å². The molecule has 0 aliphatic carbocycles. The molecule has 2 rings (SSSR count). The molecule has 0 saturated heterocycles. The van der Waals surface area contributed by atoms with Crippen molar-refractivity contribution in [2.75, 3.05) is 10.7 Å². The van der Waals surface area contributed by atoms with Gasteiger partial charge in [0.2, 0.25) is 0 Å². The van der Waals surface area contributed by atoms with Crippen molar-refractivity contribution >= 4 is 40.4 Å². The van der Waals surface area contributed by atoms with E-state index in [9.17, 15) is 0 Å². The van der Waals surface area contributed by atoms with Crippen LogP contribution in [0.25, 0.3) is 0 Å². The number of hydrogen-bond donors (Lipinski definition) is 3. The first-order valence-corrected chi connectivity index (χ1v) is 5.59. The lowest BCUT2D eigenvalue weighted by molar-refractivity contribution is 1.23. The molecule has 0 spiro atoms.